The van der Waals surface area contributed by atoms with Gasteiger partial charge in [-0.25, -0.2) is 0 Å². The molecule has 1 fully saturated rings. The van der Waals surface area contributed by atoms with E-state index in [-0.39, 0.29) is 0 Å². The van der Waals surface area contributed by atoms with Gasteiger partial charge in [-0.3, -0.25) is 0 Å². The second kappa shape index (κ2) is 6.75. The van der Waals surface area contributed by atoms with Crippen molar-refractivity contribution in [3.8, 4) is 0 Å². The Bertz CT molecular complexity index is 334. The van der Waals surface area contributed by atoms with E-state index in [9.17, 15) is 0 Å². The van der Waals surface area contributed by atoms with Crippen LogP contribution in [0.3, 0.4) is 0 Å². The van der Waals surface area contributed by atoms with Crippen molar-refractivity contribution in [2.75, 3.05) is 20.1 Å². The van der Waals surface area contributed by atoms with Gasteiger partial charge in [0.15, 0.2) is 3.77 Å². The molecular formula is C13H21IN2O. The van der Waals surface area contributed by atoms with Gasteiger partial charge >= 0.3 is 0 Å². The molecule has 0 unspecified atom stereocenters. The summed E-state index contributed by atoms with van der Waals surface area (Å²) in [6.07, 6.45) is 5.58. The molecule has 0 aliphatic heterocycles. The quantitative estimate of drug-likeness (QED) is 0.633. The highest BCUT2D eigenvalue weighted by atomic mass is 127. The van der Waals surface area contributed by atoms with Gasteiger partial charge in [-0.15, -0.1) is 0 Å². The first-order chi connectivity index (χ1) is 8.25. The normalized spacial score (nSPS) is 17.1. The number of nitrogens with zero attached hydrogens (tertiary/aromatic N) is 1. The maximum atomic E-state index is 5.50. The molecule has 3 nitrogen and oxygen atoms in total. The molecule has 0 spiro atoms. The van der Waals surface area contributed by atoms with E-state index in [4.69, 9.17) is 4.42 Å². The van der Waals surface area contributed by atoms with Crippen molar-refractivity contribution in [3.05, 3.63) is 21.7 Å². The lowest BCUT2D eigenvalue weighted by Gasteiger charge is -2.23. The lowest BCUT2D eigenvalue weighted by atomic mass is 10.2. The monoisotopic (exact) mass is 348 g/mol. The van der Waals surface area contributed by atoms with Gasteiger partial charge in [-0.2, -0.15) is 0 Å². The smallest absolute Gasteiger partial charge is 0.164 e. The fourth-order valence-corrected chi connectivity index (χ4v) is 2.90. The standard InChI is InChI=1S/C13H21IN2O/c1-16(11-4-2-3-5-11)9-8-15-10-12-6-7-13(14)17-12/h6-7,11,15H,2-5,8-10H2,1H3. The van der Waals surface area contributed by atoms with E-state index >= 15 is 0 Å². The molecule has 1 heterocycles. The summed E-state index contributed by atoms with van der Waals surface area (Å²) in [6.45, 7) is 2.99. The Kier molecular flexibility index (Phi) is 5.31. The zero-order valence-electron chi connectivity index (χ0n) is 10.4. The molecule has 96 valence electrons. The molecule has 2 rings (SSSR count). The first-order valence-corrected chi connectivity index (χ1v) is 7.49. The van der Waals surface area contributed by atoms with Gasteiger partial charge in [0, 0.05) is 19.1 Å². The van der Waals surface area contributed by atoms with Gasteiger partial charge in [0.05, 0.1) is 6.54 Å². The molecule has 0 radical (unpaired) electrons. The zero-order valence-corrected chi connectivity index (χ0v) is 12.6. The molecule has 0 bridgehead atoms. The van der Waals surface area contributed by atoms with Crippen molar-refractivity contribution >= 4 is 22.6 Å². The van der Waals surface area contributed by atoms with E-state index in [1.165, 1.54) is 25.7 Å². The maximum Gasteiger partial charge on any atom is 0.164 e. The van der Waals surface area contributed by atoms with Crippen molar-refractivity contribution in [1.82, 2.24) is 10.2 Å². The number of halogens is 1. The first-order valence-electron chi connectivity index (χ1n) is 6.41. The Balaban J connectivity index is 1.59. The predicted octanol–water partition coefficient (Wildman–Crippen LogP) is 2.85. The van der Waals surface area contributed by atoms with Crippen LogP contribution in [0.4, 0.5) is 0 Å². The van der Waals surface area contributed by atoms with E-state index in [0.29, 0.717) is 0 Å². The first kappa shape index (κ1) is 13.4. The van der Waals surface area contributed by atoms with Crippen LogP contribution in [0.1, 0.15) is 31.4 Å². The molecule has 0 amide bonds. The van der Waals surface area contributed by atoms with Gasteiger partial charge < -0.3 is 14.6 Å². The topological polar surface area (TPSA) is 28.4 Å². The predicted molar refractivity (Wildman–Crippen MR) is 78.0 cm³/mol. The molecule has 1 N–H and O–H groups in total. The molecule has 1 aliphatic carbocycles. The van der Waals surface area contributed by atoms with E-state index in [2.05, 4.69) is 39.9 Å². The minimum atomic E-state index is 0.821. The SMILES string of the molecule is CN(CCNCc1ccc(I)o1)C1CCCC1. The molecule has 0 atom stereocenters. The Labute approximate surface area is 117 Å². The molecule has 4 heteroatoms. The number of hydrogen-bond donors (Lipinski definition) is 1. The third-order valence-corrected chi connectivity index (χ3v) is 4.10. The fraction of sp³-hybridized carbons (Fsp3) is 0.692. The van der Waals surface area contributed by atoms with Crippen LogP contribution in [0.15, 0.2) is 16.5 Å². The summed E-state index contributed by atoms with van der Waals surface area (Å²) >= 11 is 2.20. The Morgan fingerprint density at radius 2 is 2.18 bits per heavy atom. The van der Waals surface area contributed by atoms with Crippen molar-refractivity contribution in [1.29, 1.82) is 0 Å². The van der Waals surface area contributed by atoms with E-state index in [0.717, 1.165) is 35.2 Å². The third kappa shape index (κ3) is 4.26. The molecule has 17 heavy (non-hydrogen) atoms. The van der Waals surface area contributed by atoms with Crippen LogP contribution < -0.4 is 5.32 Å². The van der Waals surface area contributed by atoms with Crippen LogP contribution >= 0.6 is 22.6 Å². The summed E-state index contributed by atoms with van der Waals surface area (Å²) < 4.78 is 6.46. The van der Waals surface area contributed by atoms with Crippen LogP contribution in [0.2, 0.25) is 0 Å². The molecule has 0 aromatic carbocycles. The van der Waals surface area contributed by atoms with Crippen molar-refractivity contribution in [2.24, 2.45) is 0 Å². The van der Waals surface area contributed by atoms with Crippen LogP contribution in [0.25, 0.3) is 0 Å². The summed E-state index contributed by atoms with van der Waals surface area (Å²) in [5.41, 5.74) is 0. The second-order valence-corrected chi connectivity index (χ2v) is 5.86. The van der Waals surface area contributed by atoms with Gasteiger partial charge in [-0.1, -0.05) is 12.8 Å². The number of hydrogen-bond acceptors (Lipinski definition) is 3. The summed E-state index contributed by atoms with van der Waals surface area (Å²) in [4.78, 5) is 2.49. The lowest BCUT2D eigenvalue weighted by Crippen LogP contribution is -2.35. The largest absolute Gasteiger partial charge is 0.454 e. The van der Waals surface area contributed by atoms with Crippen molar-refractivity contribution in [2.45, 2.75) is 38.3 Å². The van der Waals surface area contributed by atoms with Crippen molar-refractivity contribution in [3.63, 3.8) is 0 Å². The van der Waals surface area contributed by atoms with E-state index in [1.807, 2.05) is 12.1 Å². The average Bonchev–Trinajstić information content (AvgIpc) is 2.95. The highest BCUT2D eigenvalue weighted by Crippen LogP contribution is 2.21. The third-order valence-electron chi connectivity index (χ3n) is 3.52. The number of rotatable bonds is 6. The van der Waals surface area contributed by atoms with Crippen molar-refractivity contribution < 1.29 is 4.42 Å². The summed E-state index contributed by atoms with van der Waals surface area (Å²) in [6, 6.07) is 4.86. The zero-order chi connectivity index (χ0) is 12.1. The summed E-state index contributed by atoms with van der Waals surface area (Å²) in [5, 5.41) is 3.43. The molecular weight excluding hydrogens is 327 g/mol. The Hall–Kier alpha value is -0.0700. The van der Waals surface area contributed by atoms with Crippen LogP contribution in [0.5, 0.6) is 0 Å². The molecule has 1 aromatic rings. The van der Waals surface area contributed by atoms with Crippen LogP contribution in [-0.4, -0.2) is 31.1 Å². The highest BCUT2D eigenvalue weighted by Gasteiger charge is 2.18. The summed E-state index contributed by atoms with van der Waals surface area (Å²) in [5.74, 6) is 1.03. The molecule has 0 saturated heterocycles. The molecule has 1 aromatic heterocycles. The molecule has 1 aliphatic rings. The van der Waals surface area contributed by atoms with Gasteiger partial charge in [0.1, 0.15) is 5.76 Å². The van der Waals surface area contributed by atoms with Crippen LogP contribution in [-0.2, 0) is 6.54 Å². The minimum Gasteiger partial charge on any atom is -0.454 e. The van der Waals surface area contributed by atoms with Gasteiger partial charge in [0.2, 0.25) is 0 Å². The van der Waals surface area contributed by atoms with Gasteiger partial charge in [0.25, 0.3) is 0 Å². The maximum absolute atomic E-state index is 5.50. The van der Waals surface area contributed by atoms with E-state index < -0.39 is 0 Å². The van der Waals surface area contributed by atoms with E-state index in [1.54, 1.807) is 0 Å². The van der Waals surface area contributed by atoms with Crippen LogP contribution in [0, 0.1) is 3.77 Å². The second-order valence-electron chi connectivity index (χ2n) is 4.80. The average molecular weight is 348 g/mol. The Morgan fingerprint density at radius 1 is 1.41 bits per heavy atom. The minimum absolute atomic E-state index is 0.821. The highest BCUT2D eigenvalue weighted by molar-refractivity contribution is 14.1. The lowest BCUT2D eigenvalue weighted by molar-refractivity contribution is 0.244. The Morgan fingerprint density at radius 3 is 2.82 bits per heavy atom. The molecule has 1 saturated carbocycles. The number of likely N-dealkylation sites (N-methyl/N-ethyl adjacent to an activating group) is 1. The van der Waals surface area contributed by atoms with Gasteiger partial charge in [-0.05, 0) is 54.6 Å². The summed E-state index contributed by atoms with van der Waals surface area (Å²) in [7, 11) is 2.24. The fourth-order valence-electron chi connectivity index (χ4n) is 2.44. The number of nitrogens with one attached hydrogen (secondary N) is 1. The number of furan rings is 1.